The average molecular weight is 298 g/mol. The summed E-state index contributed by atoms with van der Waals surface area (Å²) >= 11 is 0. The molecule has 5 atom stereocenters. The summed E-state index contributed by atoms with van der Waals surface area (Å²) in [5, 5.41) is 0.926. The Hall–Kier alpha value is -1.85. The van der Waals surface area contributed by atoms with Crippen LogP contribution in [0.3, 0.4) is 0 Å². The van der Waals surface area contributed by atoms with Gasteiger partial charge in [-0.05, 0) is 13.1 Å². The number of morpholine rings is 1. The largest absolute Gasteiger partial charge is 0.459 e. The molecule has 3 fully saturated rings. The van der Waals surface area contributed by atoms with Gasteiger partial charge in [-0.2, -0.15) is 0 Å². The van der Waals surface area contributed by atoms with E-state index in [0.717, 1.165) is 23.7 Å². The van der Waals surface area contributed by atoms with E-state index in [4.69, 9.17) is 9.47 Å². The number of epoxide rings is 1. The number of piperidine rings is 1. The van der Waals surface area contributed by atoms with Gasteiger partial charge in [-0.1, -0.05) is 18.2 Å². The predicted octanol–water partition coefficient (Wildman–Crippen LogP) is 1.94. The van der Waals surface area contributed by atoms with Crippen molar-refractivity contribution in [2.45, 2.75) is 43.2 Å². The number of aromatic amines is 1. The molecule has 0 spiro atoms. The van der Waals surface area contributed by atoms with Gasteiger partial charge in [-0.25, -0.2) is 4.79 Å². The smallest absolute Gasteiger partial charge is 0.340 e. The SMILES string of the molecule is CN1[C@@H]2CC(OC(=O)c3c[nH]c4ccccc34)C[C@H]1[C@@H]1O[C@@H]12. The zero-order valence-corrected chi connectivity index (χ0v) is 12.4. The minimum absolute atomic E-state index is 0.00348. The number of para-hydroxylation sites is 1. The number of aromatic nitrogens is 1. The maximum atomic E-state index is 12.5. The standard InChI is InChI=1S/C17H18N2O3/c1-19-13-6-9(7-14(19)16-15(13)22-16)21-17(20)11-8-18-12-5-3-2-4-10(11)12/h2-5,8-9,13-16,18H,6-7H2,1H3/t9?,13-,14+,15-,16+. The second-order valence-corrected chi connectivity index (χ2v) is 6.61. The molecule has 5 nitrogen and oxygen atoms in total. The first kappa shape index (κ1) is 12.7. The maximum absolute atomic E-state index is 12.5. The molecule has 1 aromatic carbocycles. The van der Waals surface area contributed by atoms with E-state index in [9.17, 15) is 4.79 Å². The lowest BCUT2D eigenvalue weighted by atomic mass is 9.99. The van der Waals surface area contributed by atoms with E-state index in [1.807, 2.05) is 24.3 Å². The summed E-state index contributed by atoms with van der Waals surface area (Å²) in [4.78, 5) is 18.0. The highest BCUT2D eigenvalue weighted by Gasteiger charge is 2.62. The Morgan fingerprint density at radius 2 is 2.00 bits per heavy atom. The van der Waals surface area contributed by atoms with E-state index >= 15 is 0 Å². The van der Waals surface area contributed by atoms with Crippen molar-refractivity contribution in [3.8, 4) is 0 Å². The van der Waals surface area contributed by atoms with Gasteiger partial charge >= 0.3 is 5.97 Å². The molecule has 0 amide bonds. The van der Waals surface area contributed by atoms with Crippen LogP contribution >= 0.6 is 0 Å². The lowest BCUT2D eigenvalue weighted by Gasteiger charge is -2.37. The summed E-state index contributed by atoms with van der Waals surface area (Å²) in [5.41, 5.74) is 1.59. The first-order valence-corrected chi connectivity index (χ1v) is 7.87. The Morgan fingerprint density at radius 1 is 1.27 bits per heavy atom. The fourth-order valence-corrected chi connectivity index (χ4v) is 4.25. The van der Waals surface area contributed by atoms with Gasteiger partial charge in [-0.15, -0.1) is 0 Å². The van der Waals surface area contributed by atoms with Crippen molar-refractivity contribution in [2.24, 2.45) is 0 Å². The number of ether oxygens (including phenoxy) is 2. The van der Waals surface area contributed by atoms with Crippen molar-refractivity contribution in [1.29, 1.82) is 0 Å². The number of rotatable bonds is 2. The highest BCUT2D eigenvalue weighted by Crippen LogP contribution is 2.48. The van der Waals surface area contributed by atoms with Gasteiger partial charge in [0.15, 0.2) is 0 Å². The zero-order chi connectivity index (χ0) is 14.8. The number of carbonyl (C=O) groups excluding carboxylic acids is 1. The van der Waals surface area contributed by atoms with Gasteiger partial charge in [0.25, 0.3) is 0 Å². The lowest BCUT2D eigenvalue weighted by molar-refractivity contribution is -0.0231. The number of fused-ring (bicyclic) bond motifs is 6. The number of nitrogens with one attached hydrogen (secondary N) is 1. The molecule has 3 aliphatic rings. The summed E-state index contributed by atoms with van der Waals surface area (Å²) in [7, 11) is 2.16. The molecule has 1 unspecified atom stereocenters. The van der Waals surface area contributed by atoms with Crippen LogP contribution in [0.2, 0.25) is 0 Å². The molecular formula is C17H18N2O3. The molecule has 5 rings (SSSR count). The van der Waals surface area contributed by atoms with Crippen molar-refractivity contribution < 1.29 is 14.3 Å². The maximum Gasteiger partial charge on any atom is 0.340 e. The fraction of sp³-hybridized carbons (Fsp3) is 0.471. The zero-order valence-electron chi connectivity index (χ0n) is 12.4. The van der Waals surface area contributed by atoms with Gasteiger partial charge < -0.3 is 14.5 Å². The molecular weight excluding hydrogens is 280 g/mol. The molecule has 5 heteroatoms. The van der Waals surface area contributed by atoms with Crippen LogP contribution in [-0.4, -0.2) is 53.3 Å². The average Bonchev–Trinajstić information content (AvgIpc) is 3.15. The number of nitrogens with zero attached hydrogens (tertiary/aromatic N) is 1. The fourth-order valence-electron chi connectivity index (χ4n) is 4.25. The molecule has 2 aromatic rings. The number of H-pyrrole nitrogens is 1. The van der Waals surface area contributed by atoms with Gasteiger partial charge in [-0.3, -0.25) is 4.90 Å². The van der Waals surface area contributed by atoms with Crippen LogP contribution < -0.4 is 0 Å². The third kappa shape index (κ3) is 1.69. The van der Waals surface area contributed by atoms with E-state index in [0.29, 0.717) is 29.9 Å². The second-order valence-electron chi connectivity index (χ2n) is 6.61. The molecule has 1 aromatic heterocycles. The second kappa shape index (κ2) is 4.33. The Labute approximate surface area is 128 Å². The van der Waals surface area contributed by atoms with E-state index in [2.05, 4.69) is 16.9 Å². The normalized spacial score (nSPS) is 36.3. The van der Waals surface area contributed by atoms with Crippen LogP contribution in [-0.2, 0) is 9.47 Å². The Morgan fingerprint density at radius 3 is 2.77 bits per heavy atom. The van der Waals surface area contributed by atoms with Crippen LogP contribution in [0.25, 0.3) is 10.9 Å². The Bertz CT molecular complexity index is 737. The Balaban J connectivity index is 1.35. The third-order valence-corrected chi connectivity index (χ3v) is 5.46. The highest BCUT2D eigenvalue weighted by molar-refractivity contribution is 6.04. The number of hydrogen-bond acceptors (Lipinski definition) is 4. The highest BCUT2D eigenvalue weighted by atomic mass is 16.6. The summed E-state index contributed by atoms with van der Waals surface area (Å²) < 4.78 is 11.5. The van der Waals surface area contributed by atoms with Gasteiger partial charge in [0.1, 0.15) is 18.3 Å². The van der Waals surface area contributed by atoms with Crippen LogP contribution in [0.15, 0.2) is 30.5 Å². The number of carbonyl (C=O) groups is 1. The van der Waals surface area contributed by atoms with E-state index in [-0.39, 0.29) is 12.1 Å². The van der Waals surface area contributed by atoms with E-state index in [1.54, 1.807) is 6.20 Å². The molecule has 3 saturated heterocycles. The summed E-state index contributed by atoms with van der Waals surface area (Å²) in [6, 6.07) is 8.62. The predicted molar refractivity (Wildman–Crippen MR) is 80.7 cm³/mol. The van der Waals surface area contributed by atoms with Gasteiger partial charge in [0, 0.05) is 42.0 Å². The number of likely N-dealkylation sites (N-methyl/N-ethyl adjacent to an activating group) is 1. The molecule has 0 saturated carbocycles. The summed E-state index contributed by atoms with van der Waals surface area (Å²) in [6.45, 7) is 0. The van der Waals surface area contributed by atoms with E-state index < -0.39 is 0 Å². The van der Waals surface area contributed by atoms with Crippen LogP contribution in [0, 0.1) is 0 Å². The molecule has 4 heterocycles. The molecule has 114 valence electrons. The van der Waals surface area contributed by atoms with Crippen LogP contribution in [0.4, 0.5) is 0 Å². The van der Waals surface area contributed by atoms with Crippen molar-refractivity contribution in [1.82, 2.24) is 9.88 Å². The first-order chi connectivity index (χ1) is 10.7. The summed E-state index contributed by atoms with van der Waals surface area (Å²) in [5.74, 6) is -0.221. The topological polar surface area (TPSA) is 57.9 Å². The minimum atomic E-state index is -0.221. The monoisotopic (exact) mass is 298 g/mol. The molecule has 22 heavy (non-hydrogen) atoms. The molecule has 1 N–H and O–H groups in total. The Kier molecular flexibility index (Phi) is 2.50. The van der Waals surface area contributed by atoms with Crippen molar-refractivity contribution in [3.63, 3.8) is 0 Å². The first-order valence-electron chi connectivity index (χ1n) is 7.87. The third-order valence-electron chi connectivity index (χ3n) is 5.46. The van der Waals surface area contributed by atoms with Crippen molar-refractivity contribution in [3.05, 3.63) is 36.0 Å². The lowest BCUT2D eigenvalue weighted by Crippen LogP contribution is -2.47. The van der Waals surface area contributed by atoms with Crippen molar-refractivity contribution in [2.75, 3.05) is 7.05 Å². The molecule has 0 aliphatic carbocycles. The van der Waals surface area contributed by atoms with Crippen LogP contribution in [0.1, 0.15) is 23.2 Å². The van der Waals surface area contributed by atoms with Gasteiger partial charge in [0.05, 0.1) is 5.56 Å². The van der Waals surface area contributed by atoms with E-state index in [1.165, 1.54) is 0 Å². The van der Waals surface area contributed by atoms with Crippen molar-refractivity contribution >= 4 is 16.9 Å². The minimum Gasteiger partial charge on any atom is -0.459 e. The van der Waals surface area contributed by atoms with Gasteiger partial charge in [0.2, 0.25) is 0 Å². The molecule has 2 bridgehead atoms. The number of esters is 1. The molecule has 0 radical (unpaired) electrons. The van der Waals surface area contributed by atoms with Crippen LogP contribution in [0.5, 0.6) is 0 Å². The molecule has 3 aliphatic heterocycles. The number of benzene rings is 1. The quantitative estimate of drug-likeness (QED) is 0.680. The summed E-state index contributed by atoms with van der Waals surface area (Å²) in [6.07, 6.45) is 4.24. The number of hydrogen-bond donors (Lipinski definition) is 1.